The van der Waals surface area contributed by atoms with E-state index in [1.54, 1.807) is 0 Å². The number of halogens is 1. The lowest BCUT2D eigenvalue weighted by Gasteiger charge is -2.35. The molecule has 1 N–H and O–H groups in total. The number of nitrogens with one attached hydrogen (secondary N) is 1. The number of alkyl halides is 1. The Hall–Kier alpha value is -0.370. The first kappa shape index (κ1) is 26.7. The molecule has 1 saturated heterocycles. The normalized spacial score (nSPS) is 16.2. The van der Waals surface area contributed by atoms with Gasteiger partial charge in [0.2, 0.25) is 11.8 Å². The number of carbonyl (C=O) groups excluding carboxylic acids is 2. The van der Waals surface area contributed by atoms with Gasteiger partial charge < -0.3 is 10.2 Å². The van der Waals surface area contributed by atoms with Crippen LogP contribution in [0, 0.1) is 5.92 Å². The van der Waals surface area contributed by atoms with Crippen LogP contribution in [0.4, 0.5) is 0 Å². The first-order valence-corrected chi connectivity index (χ1v) is 13.0. The van der Waals surface area contributed by atoms with Gasteiger partial charge in [-0.2, -0.15) is 0 Å². The first-order valence-electron chi connectivity index (χ1n) is 11.8. The molecule has 1 aliphatic rings. The van der Waals surface area contributed by atoms with E-state index in [0.29, 0.717) is 19.3 Å². The number of hydrogen-bond acceptors (Lipinski definition) is 3. The summed E-state index contributed by atoms with van der Waals surface area (Å²) in [7, 11) is 0. The fourth-order valence-corrected chi connectivity index (χ4v) is 4.06. The molecular weight excluding hydrogens is 477 g/mol. The van der Waals surface area contributed by atoms with Gasteiger partial charge in [-0.25, -0.2) is 0 Å². The van der Waals surface area contributed by atoms with Crippen molar-refractivity contribution in [3.05, 3.63) is 0 Å². The molecule has 0 spiro atoms. The molecule has 0 aromatic carbocycles. The van der Waals surface area contributed by atoms with Crippen molar-refractivity contribution < 1.29 is 9.59 Å². The second-order valence-corrected chi connectivity index (χ2v) is 11.1. The van der Waals surface area contributed by atoms with Crippen molar-refractivity contribution in [2.75, 3.05) is 39.3 Å². The van der Waals surface area contributed by atoms with Crippen LogP contribution < -0.4 is 5.32 Å². The van der Waals surface area contributed by atoms with E-state index in [1.165, 1.54) is 38.5 Å². The first-order chi connectivity index (χ1) is 13.9. The van der Waals surface area contributed by atoms with E-state index in [4.69, 9.17) is 0 Å². The lowest BCUT2D eigenvalue weighted by molar-refractivity contribution is -0.133. The Kier molecular flexibility index (Phi) is 15.0. The number of nitrogens with zero attached hydrogens (tertiary/aromatic N) is 2. The van der Waals surface area contributed by atoms with Crippen LogP contribution in [0.3, 0.4) is 0 Å². The van der Waals surface area contributed by atoms with Crippen molar-refractivity contribution in [1.29, 1.82) is 0 Å². The third-order valence-electron chi connectivity index (χ3n) is 5.64. The molecule has 170 valence electrons. The fourth-order valence-electron chi connectivity index (χ4n) is 3.62. The maximum Gasteiger partial charge on any atom is 0.222 e. The molecule has 1 rings (SSSR count). The monoisotopic (exact) mass is 521 g/mol. The molecule has 1 aliphatic heterocycles. The van der Waals surface area contributed by atoms with E-state index in [0.717, 1.165) is 55.5 Å². The third kappa shape index (κ3) is 14.3. The Morgan fingerprint density at radius 1 is 0.862 bits per heavy atom. The summed E-state index contributed by atoms with van der Waals surface area (Å²) >= 11 is 2.48. The summed E-state index contributed by atoms with van der Waals surface area (Å²) in [4.78, 5) is 28.7. The Labute approximate surface area is 192 Å². The number of hydrogen-bond donors (Lipinski definition) is 1. The van der Waals surface area contributed by atoms with E-state index in [2.05, 4.69) is 53.6 Å². The fraction of sp³-hybridized carbons (Fsp3) is 0.913. The van der Waals surface area contributed by atoms with Crippen molar-refractivity contribution in [3.8, 4) is 0 Å². The largest absolute Gasteiger partial charge is 0.356 e. The molecule has 1 atom stereocenters. The number of carbonyl (C=O) groups is 2. The van der Waals surface area contributed by atoms with E-state index in [-0.39, 0.29) is 11.8 Å². The molecule has 0 aromatic rings. The Morgan fingerprint density at radius 2 is 1.52 bits per heavy atom. The zero-order valence-corrected chi connectivity index (χ0v) is 21.2. The van der Waals surface area contributed by atoms with E-state index in [9.17, 15) is 9.59 Å². The predicted molar refractivity (Wildman–Crippen MR) is 131 cm³/mol. The highest BCUT2D eigenvalue weighted by atomic mass is 127. The molecule has 0 aromatic heterocycles. The van der Waals surface area contributed by atoms with Gasteiger partial charge in [-0.1, -0.05) is 69.0 Å². The average Bonchev–Trinajstić information content (AvgIpc) is 2.68. The SMILES string of the molecule is CC(C)CCN1CCN(C(=O)CCCC(=O)NCCCCCCCC(C)I)CC1. The molecule has 0 radical (unpaired) electrons. The summed E-state index contributed by atoms with van der Waals surface area (Å²) in [5, 5.41) is 3.00. The smallest absolute Gasteiger partial charge is 0.222 e. The topological polar surface area (TPSA) is 52.7 Å². The molecule has 1 heterocycles. The summed E-state index contributed by atoms with van der Waals surface area (Å²) in [5.41, 5.74) is 0. The summed E-state index contributed by atoms with van der Waals surface area (Å²) in [5.74, 6) is 1.03. The van der Waals surface area contributed by atoms with Crippen LogP contribution in [0.1, 0.15) is 85.0 Å². The van der Waals surface area contributed by atoms with Crippen LogP contribution in [-0.4, -0.2) is 64.8 Å². The molecule has 0 bridgehead atoms. The van der Waals surface area contributed by atoms with Crippen molar-refractivity contribution in [3.63, 3.8) is 0 Å². The minimum Gasteiger partial charge on any atom is -0.356 e. The summed E-state index contributed by atoms with van der Waals surface area (Å²) < 4.78 is 0.776. The summed E-state index contributed by atoms with van der Waals surface area (Å²) in [6, 6.07) is 0. The van der Waals surface area contributed by atoms with E-state index < -0.39 is 0 Å². The number of amides is 2. The highest BCUT2D eigenvalue weighted by Crippen LogP contribution is 2.12. The average molecular weight is 522 g/mol. The van der Waals surface area contributed by atoms with Crippen molar-refractivity contribution >= 4 is 34.4 Å². The van der Waals surface area contributed by atoms with Gasteiger partial charge in [-0.15, -0.1) is 0 Å². The van der Waals surface area contributed by atoms with E-state index >= 15 is 0 Å². The molecule has 1 fully saturated rings. The van der Waals surface area contributed by atoms with Crippen LogP contribution in [0.25, 0.3) is 0 Å². The van der Waals surface area contributed by atoms with Gasteiger partial charge in [0.15, 0.2) is 0 Å². The van der Waals surface area contributed by atoms with Crippen LogP contribution in [0.2, 0.25) is 0 Å². The molecular formula is C23H44IN3O2. The Bertz CT molecular complexity index is 449. The lowest BCUT2D eigenvalue weighted by atomic mass is 10.1. The molecule has 29 heavy (non-hydrogen) atoms. The molecule has 1 unspecified atom stereocenters. The molecule has 0 aliphatic carbocycles. The van der Waals surface area contributed by atoms with Crippen LogP contribution in [-0.2, 0) is 9.59 Å². The van der Waals surface area contributed by atoms with Crippen LogP contribution >= 0.6 is 22.6 Å². The Morgan fingerprint density at radius 3 is 2.17 bits per heavy atom. The zero-order valence-electron chi connectivity index (χ0n) is 19.1. The van der Waals surface area contributed by atoms with E-state index in [1.807, 2.05) is 4.90 Å². The maximum absolute atomic E-state index is 12.4. The standard InChI is InChI=1S/C23H44IN3O2/c1-20(2)13-15-26-16-18-27(19-17-26)23(29)12-9-11-22(28)25-14-8-6-4-5-7-10-21(3)24/h20-21H,4-19H2,1-3H3,(H,25,28). The summed E-state index contributed by atoms with van der Waals surface area (Å²) in [6.07, 6.45) is 10.3. The lowest BCUT2D eigenvalue weighted by Crippen LogP contribution is -2.48. The Balaban J connectivity index is 1.98. The highest BCUT2D eigenvalue weighted by molar-refractivity contribution is 14.1. The van der Waals surface area contributed by atoms with Gasteiger partial charge in [0.25, 0.3) is 0 Å². The third-order valence-corrected chi connectivity index (χ3v) is 6.27. The number of piperazine rings is 1. The predicted octanol–water partition coefficient (Wildman–Crippen LogP) is 4.63. The van der Waals surface area contributed by atoms with Crippen molar-refractivity contribution in [1.82, 2.24) is 15.1 Å². The molecule has 5 nitrogen and oxygen atoms in total. The molecule has 6 heteroatoms. The van der Waals surface area contributed by atoms with Gasteiger partial charge in [-0.3, -0.25) is 14.5 Å². The van der Waals surface area contributed by atoms with Crippen molar-refractivity contribution in [2.45, 2.75) is 88.9 Å². The molecule has 0 saturated carbocycles. The minimum absolute atomic E-state index is 0.0926. The highest BCUT2D eigenvalue weighted by Gasteiger charge is 2.20. The minimum atomic E-state index is 0.0926. The number of rotatable bonds is 15. The van der Waals surface area contributed by atoms with Gasteiger partial charge >= 0.3 is 0 Å². The van der Waals surface area contributed by atoms with Crippen LogP contribution in [0.15, 0.2) is 0 Å². The van der Waals surface area contributed by atoms with Gasteiger partial charge in [0.1, 0.15) is 0 Å². The zero-order chi connectivity index (χ0) is 21.5. The molecule has 2 amide bonds. The van der Waals surface area contributed by atoms with Gasteiger partial charge in [0, 0.05) is 49.5 Å². The second kappa shape index (κ2) is 16.3. The maximum atomic E-state index is 12.4. The number of unbranched alkanes of at least 4 members (excludes halogenated alkanes) is 4. The van der Waals surface area contributed by atoms with Gasteiger partial charge in [0.05, 0.1) is 0 Å². The van der Waals surface area contributed by atoms with Crippen molar-refractivity contribution in [2.24, 2.45) is 5.92 Å². The quantitative estimate of drug-likeness (QED) is 0.194. The van der Waals surface area contributed by atoms with Gasteiger partial charge in [-0.05, 0) is 38.1 Å². The van der Waals surface area contributed by atoms with Crippen LogP contribution in [0.5, 0.6) is 0 Å². The summed E-state index contributed by atoms with van der Waals surface area (Å²) in [6.45, 7) is 12.3. The second-order valence-electron chi connectivity index (χ2n) is 8.95.